The fraction of sp³-hybridized carbons (Fsp3) is 0.130. The van der Waals surface area contributed by atoms with Crippen molar-refractivity contribution < 1.29 is 19.1 Å². The van der Waals surface area contributed by atoms with Gasteiger partial charge in [-0.1, -0.05) is 23.7 Å². The molecule has 1 atom stereocenters. The van der Waals surface area contributed by atoms with Gasteiger partial charge in [-0.25, -0.2) is 0 Å². The number of para-hydroxylation sites is 2. The second-order valence-electron chi connectivity index (χ2n) is 6.75. The van der Waals surface area contributed by atoms with Crippen LogP contribution in [-0.2, 0) is 0 Å². The highest BCUT2D eigenvalue weighted by molar-refractivity contribution is 6.30. The molecular weight excluding hydrogens is 404 g/mol. The van der Waals surface area contributed by atoms with Gasteiger partial charge < -0.3 is 20.1 Å². The third-order valence-corrected chi connectivity index (χ3v) is 4.82. The summed E-state index contributed by atoms with van der Waals surface area (Å²) in [5, 5.41) is 6.20. The summed E-state index contributed by atoms with van der Waals surface area (Å²) in [5.74, 6) is 0.895. The van der Waals surface area contributed by atoms with Crippen LogP contribution < -0.4 is 20.1 Å². The maximum Gasteiger partial charge on any atom is 0.255 e. The van der Waals surface area contributed by atoms with Crippen LogP contribution in [0.15, 0.2) is 72.8 Å². The molecule has 2 amide bonds. The van der Waals surface area contributed by atoms with E-state index in [1.165, 1.54) is 0 Å². The van der Waals surface area contributed by atoms with E-state index in [1.54, 1.807) is 48.5 Å². The van der Waals surface area contributed by atoms with Crippen LogP contribution in [0.1, 0.15) is 20.7 Å². The third kappa shape index (κ3) is 4.72. The molecule has 0 aliphatic carbocycles. The second kappa shape index (κ2) is 8.88. The SMILES string of the molecule is O=C(NC[C@H]1COc2ccccc2O1)c1ccc(NC(=O)c2ccc(Cl)cc2)cc1. The van der Waals surface area contributed by atoms with Gasteiger partial charge in [0.15, 0.2) is 11.5 Å². The lowest BCUT2D eigenvalue weighted by Gasteiger charge is -2.26. The van der Waals surface area contributed by atoms with Crippen molar-refractivity contribution in [2.75, 3.05) is 18.5 Å². The third-order valence-electron chi connectivity index (χ3n) is 4.57. The summed E-state index contributed by atoms with van der Waals surface area (Å²) in [4.78, 5) is 24.7. The topological polar surface area (TPSA) is 76.7 Å². The van der Waals surface area contributed by atoms with Crippen molar-refractivity contribution >= 4 is 29.1 Å². The number of carbonyl (C=O) groups excluding carboxylic acids is 2. The van der Waals surface area contributed by atoms with E-state index in [4.69, 9.17) is 21.1 Å². The molecule has 152 valence electrons. The molecule has 1 aliphatic heterocycles. The number of rotatable bonds is 5. The highest BCUT2D eigenvalue weighted by Crippen LogP contribution is 2.30. The molecule has 4 rings (SSSR count). The van der Waals surface area contributed by atoms with Gasteiger partial charge in [0, 0.05) is 21.8 Å². The first-order valence-corrected chi connectivity index (χ1v) is 9.80. The van der Waals surface area contributed by atoms with E-state index >= 15 is 0 Å². The average Bonchev–Trinajstić information content (AvgIpc) is 2.78. The number of benzene rings is 3. The zero-order chi connectivity index (χ0) is 20.9. The quantitative estimate of drug-likeness (QED) is 0.647. The fourth-order valence-electron chi connectivity index (χ4n) is 2.98. The first-order valence-electron chi connectivity index (χ1n) is 9.42. The molecule has 0 fully saturated rings. The van der Waals surface area contributed by atoms with E-state index in [0.717, 1.165) is 0 Å². The lowest BCUT2D eigenvalue weighted by Crippen LogP contribution is -2.40. The Kier molecular flexibility index (Phi) is 5.86. The Bertz CT molecular complexity index is 1050. The molecule has 0 bridgehead atoms. The number of nitrogens with one attached hydrogen (secondary N) is 2. The minimum atomic E-state index is -0.262. The molecule has 0 saturated heterocycles. The van der Waals surface area contributed by atoms with Crippen molar-refractivity contribution in [3.63, 3.8) is 0 Å². The van der Waals surface area contributed by atoms with Crippen LogP contribution in [0, 0.1) is 0 Å². The zero-order valence-electron chi connectivity index (χ0n) is 15.9. The number of carbonyl (C=O) groups is 2. The number of halogens is 1. The lowest BCUT2D eigenvalue weighted by atomic mass is 10.1. The summed E-state index contributed by atoms with van der Waals surface area (Å²) < 4.78 is 11.5. The smallest absolute Gasteiger partial charge is 0.255 e. The monoisotopic (exact) mass is 422 g/mol. The van der Waals surface area contributed by atoms with Crippen LogP contribution in [0.25, 0.3) is 0 Å². The first kappa shape index (κ1) is 19.8. The molecule has 0 aromatic heterocycles. The second-order valence-corrected chi connectivity index (χ2v) is 7.18. The number of amides is 2. The van der Waals surface area contributed by atoms with Gasteiger partial charge in [-0.3, -0.25) is 9.59 Å². The van der Waals surface area contributed by atoms with Crippen LogP contribution in [0.5, 0.6) is 11.5 Å². The van der Waals surface area contributed by atoms with Gasteiger partial charge in [0.05, 0.1) is 6.54 Å². The Balaban J connectivity index is 1.30. The van der Waals surface area contributed by atoms with E-state index in [2.05, 4.69) is 10.6 Å². The normalized spacial score (nSPS) is 14.6. The van der Waals surface area contributed by atoms with E-state index in [-0.39, 0.29) is 17.9 Å². The zero-order valence-corrected chi connectivity index (χ0v) is 16.7. The molecule has 0 radical (unpaired) electrons. The highest BCUT2D eigenvalue weighted by Gasteiger charge is 2.21. The van der Waals surface area contributed by atoms with Crippen molar-refractivity contribution in [1.29, 1.82) is 0 Å². The predicted octanol–water partition coefficient (Wildman–Crippen LogP) is 4.16. The molecule has 0 unspecified atom stereocenters. The summed E-state index contributed by atoms with van der Waals surface area (Å²) in [6.45, 7) is 0.690. The summed E-state index contributed by atoms with van der Waals surface area (Å²) in [6.07, 6.45) is -0.262. The van der Waals surface area contributed by atoms with Gasteiger partial charge in [-0.2, -0.15) is 0 Å². The average molecular weight is 423 g/mol. The minimum absolute atomic E-state index is 0.229. The Labute approximate surface area is 178 Å². The van der Waals surface area contributed by atoms with Gasteiger partial charge in [-0.05, 0) is 60.7 Å². The van der Waals surface area contributed by atoms with Crippen molar-refractivity contribution in [1.82, 2.24) is 5.32 Å². The van der Waals surface area contributed by atoms with Crippen LogP contribution in [0.4, 0.5) is 5.69 Å². The molecule has 2 N–H and O–H groups in total. The van der Waals surface area contributed by atoms with Crippen molar-refractivity contribution in [2.45, 2.75) is 6.10 Å². The molecule has 1 aliphatic rings. The van der Waals surface area contributed by atoms with Gasteiger partial charge in [0.1, 0.15) is 12.7 Å². The molecule has 0 saturated carbocycles. The molecule has 0 spiro atoms. The number of hydrogen-bond donors (Lipinski definition) is 2. The van der Waals surface area contributed by atoms with Gasteiger partial charge in [0.25, 0.3) is 11.8 Å². The van der Waals surface area contributed by atoms with Gasteiger partial charge in [0.2, 0.25) is 0 Å². The molecule has 3 aromatic rings. The Morgan fingerprint density at radius 3 is 2.23 bits per heavy atom. The minimum Gasteiger partial charge on any atom is -0.486 e. The molecular formula is C23H19ClN2O4. The number of hydrogen-bond acceptors (Lipinski definition) is 4. The molecule has 3 aromatic carbocycles. The van der Waals surface area contributed by atoms with Crippen molar-refractivity contribution in [2.24, 2.45) is 0 Å². The maximum atomic E-state index is 12.4. The summed E-state index contributed by atoms with van der Waals surface area (Å²) in [5.41, 5.74) is 1.57. The van der Waals surface area contributed by atoms with Crippen LogP contribution in [0.2, 0.25) is 5.02 Å². The van der Waals surface area contributed by atoms with E-state index in [0.29, 0.717) is 46.5 Å². The summed E-state index contributed by atoms with van der Waals surface area (Å²) in [7, 11) is 0. The van der Waals surface area contributed by atoms with E-state index in [1.807, 2.05) is 24.3 Å². The number of anilines is 1. The van der Waals surface area contributed by atoms with Crippen LogP contribution in [0.3, 0.4) is 0 Å². The first-order chi connectivity index (χ1) is 14.6. The Hall–Kier alpha value is -3.51. The van der Waals surface area contributed by atoms with Crippen LogP contribution >= 0.6 is 11.6 Å². The number of fused-ring (bicyclic) bond motifs is 1. The lowest BCUT2D eigenvalue weighted by molar-refractivity contribution is 0.0789. The predicted molar refractivity (Wildman–Crippen MR) is 115 cm³/mol. The van der Waals surface area contributed by atoms with Crippen LogP contribution in [-0.4, -0.2) is 31.1 Å². The largest absolute Gasteiger partial charge is 0.486 e. The maximum absolute atomic E-state index is 12.4. The van der Waals surface area contributed by atoms with Crippen molar-refractivity contribution in [3.05, 3.63) is 88.9 Å². The molecule has 1 heterocycles. The molecule has 30 heavy (non-hydrogen) atoms. The van der Waals surface area contributed by atoms with E-state index in [9.17, 15) is 9.59 Å². The van der Waals surface area contributed by atoms with Gasteiger partial charge in [-0.15, -0.1) is 0 Å². The Morgan fingerprint density at radius 1 is 0.867 bits per heavy atom. The fourth-order valence-corrected chi connectivity index (χ4v) is 3.11. The summed E-state index contributed by atoms with van der Waals surface area (Å²) in [6, 6.07) is 20.7. The number of ether oxygens (including phenoxy) is 2. The highest BCUT2D eigenvalue weighted by atomic mass is 35.5. The Morgan fingerprint density at radius 2 is 1.50 bits per heavy atom. The molecule has 6 nitrogen and oxygen atoms in total. The summed E-state index contributed by atoms with van der Waals surface area (Å²) >= 11 is 5.84. The van der Waals surface area contributed by atoms with Gasteiger partial charge >= 0.3 is 0 Å². The van der Waals surface area contributed by atoms with Crippen molar-refractivity contribution in [3.8, 4) is 11.5 Å². The standard InChI is InChI=1S/C23H19ClN2O4/c24-17-9-5-16(6-10-17)23(28)26-18-11-7-15(8-12-18)22(27)25-13-19-14-29-20-3-1-2-4-21(20)30-19/h1-12,19H,13-14H2,(H,25,27)(H,26,28)/t19-/m0/s1. The van der Waals surface area contributed by atoms with E-state index < -0.39 is 0 Å². The molecule has 7 heteroatoms.